The number of pyridine rings is 1. The summed E-state index contributed by atoms with van der Waals surface area (Å²) in [5, 5.41) is 11.5. The van der Waals surface area contributed by atoms with Crippen LogP contribution in [0.25, 0.3) is 11.2 Å². The number of allylic oxidation sites excluding steroid dienone is 1. The van der Waals surface area contributed by atoms with Crippen molar-refractivity contribution in [3.05, 3.63) is 24.2 Å². The standard InChI is InChI=1S/C21H27F2N7O2/c1-12(2)29(3)25-11-24-14-10-15(27-21(31)13-7-8-13)26-19-17(14)28-20(18(22)23)30(19)16-6-4-5-9-32-16/h10-11,13,16,18H,1,4-9H2,2-3H3,(H2,24,25,26,27,31). The molecule has 0 spiro atoms. The minimum Gasteiger partial charge on any atom is -0.358 e. The summed E-state index contributed by atoms with van der Waals surface area (Å²) in [5.41, 5.74) is 1.60. The Hall–Kier alpha value is -3.08. The average Bonchev–Trinajstić information content (AvgIpc) is 3.54. The van der Waals surface area contributed by atoms with Gasteiger partial charge in [-0.1, -0.05) is 6.58 Å². The summed E-state index contributed by atoms with van der Waals surface area (Å²) in [6.07, 6.45) is 2.00. The lowest BCUT2D eigenvalue weighted by Gasteiger charge is -2.25. The summed E-state index contributed by atoms with van der Waals surface area (Å²) >= 11 is 0. The number of nitrogens with zero attached hydrogens (tertiary/aromatic N) is 5. The Kier molecular flexibility index (Phi) is 6.35. The molecule has 4 rings (SSSR count). The van der Waals surface area contributed by atoms with Crippen LogP contribution in [0, 0.1) is 5.92 Å². The van der Waals surface area contributed by atoms with E-state index in [1.54, 1.807) is 25.0 Å². The fraction of sp³-hybridized carbons (Fsp3) is 0.524. The van der Waals surface area contributed by atoms with Crippen molar-refractivity contribution in [1.82, 2.24) is 19.5 Å². The third kappa shape index (κ3) is 4.72. The van der Waals surface area contributed by atoms with E-state index in [1.165, 1.54) is 10.9 Å². The molecular formula is C21H27F2N7O2. The molecule has 32 heavy (non-hydrogen) atoms. The van der Waals surface area contributed by atoms with Gasteiger partial charge >= 0.3 is 0 Å². The molecule has 172 valence electrons. The van der Waals surface area contributed by atoms with Crippen molar-refractivity contribution in [3.8, 4) is 0 Å². The number of ether oxygens (including phenoxy) is 1. The number of hydrogen-bond donors (Lipinski definition) is 2. The van der Waals surface area contributed by atoms with Crippen LogP contribution in [0.1, 0.15) is 57.5 Å². The molecular weight excluding hydrogens is 420 g/mol. The second-order valence-corrected chi connectivity index (χ2v) is 8.10. The zero-order valence-electron chi connectivity index (χ0n) is 18.1. The molecule has 2 N–H and O–H groups in total. The highest BCUT2D eigenvalue weighted by Crippen LogP contribution is 2.36. The lowest BCUT2D eigenvalue weighted by molar-refractivity contribution is -0.117. The maximum Gasteiger partial charge on any atom is 0.295 e. The van der Waals surface area contributed by atoms with Crippen LogP contribution in [0.2, 0.25) is 0 Å². The number of anilines is 2. The van der Waals surface area contributed by atoms with Gasteiger partial charge in [0.05, 0.1) is 5.69 Å². The van der Waals surface area contributed by atoms with E-state index in [9.17, 15) is 13.6 Å². The Morgan fingerprint density at radius 1 is 1.38 bits per heavy atom. The van der Waals surface area contributed by atoms with Crippen molar-refractivity contribution in [1.29, 1.82) is 0 Å². The summed E-state index contributed by atoms with van der Waals surface area (Å²) in [5.74, 6) is -0.314. The zero-order chi connectivity index (χ0) is 22.8. The molecule has 0 aromatic carbocycles. The predicted octanol–water partition coefficient (Wildman–Crippen LogP) is 4.24. The van der Waals surface area contributed by atoms with Crippen LogP contribution in [0.3, 0.4) is 0 Å². The molecule has 0 bridgehead atoms. The third-order valence-corrected chi connectivity index (χ3v) is 5.52. The summed E-state index contributed by atoms with van der Waals surface area (Å²) in [6.45, 7) is 6.08. The van der Waals surface area contributed by atoms with Gasteiger partial charge in [0.1, 0.15) is 23.9 Å². The van der Waals surface area contributed by atoms with Gasteiger partial charge in [0.25, 0.3) is 6.43 Å². The van der Waals surface area contributed by atoms with Crippen molar-refractivity contribution >= 4 is 34.9 Å². The van der Waals surface area contributed by atoms with Crippen LogP contribution in [0.15, 0.2) is 23.4 Å². The summed E-state index contributed by atoms with van der Waals surface area (Å²) in [4.78, 5) is 21.0. The lowest BCUT2D eigenvalue weighted by Crippen LogP contribution is -2.21. The number of nitrogens with one attached hydrogen (secondary N) is 2. The van der Waals surface area contributed by atoms with E-state index < -0.39 is 18.5 Å². The molecule has 1 saturated heterocycles. The number of fused-ring (bicyclic) bond motifs is 1. The predicted molar refractivity (Wildman–Crippen MR) is 117 cm³/mol. The van der Waals surface area contributed by atoms with Crippen molar-refractivity contribution in [2.24, 2.45) is 11.0 Å². The smallest absolute Gasteiger partial charge is 0.295 e. The molecule has 1 unspecified atom stereocenters. The SMILES string of the molecule is C=C(C)N(C)/N=C\Nc1cc(NC(=O)C2CC2)nc2c1nc(C(F)F)n2C1CCCCO1. The Morgan fingerprint density at radius 2 is 2.16 bits per heavy atom. The molecule has 1 aliphatic carbocycles. The zero-order valence-corrected chi connectivity index (χ0v) is 18.1. The van der Waals surface area contributed by atoms with Gasteiger partial charge in [-0.25, -0.2) is 18.7 Å². The number of carbonyl (C=O) groups is 1. The number of hydrogen-bond acceptors (Lipinski definition) is 6. The van der Waals surface area contributed by atoms with Gasteiger partial charge in [-0.05, 0) is 39.0 Å². The first-order valence-corrected chi connectivity index (χ1v) is 10.7. The van der Waals surface area contributed by atoms with Gasteiger partial charge in [-0.3, -0.25) is 14.4 Å². The number of rotatable bonds is 8. The van der Waals surface area contributed by atoms with Crippen molar-refractivity contribution < 1.29 is 18.3 Å². The Labute approximate surface area is 184 Å². The van der Waals surface area contributed by atoms with Crippen LogP contribution in [-0.4, -0.2) is 45.4 Å². The minimum absolute atomic E-state index is 0.0297. The largest absolute Gasteiger partial charge is 0.358 e. The van der Waals surface area contributed by atoms with Crippen LogP contribution in [-0.2, 0) is 9.53 Å². The van der Waals surface area contributed by atoms with E-state index in [1.807, 2.05) is 0 Å². The topological polar surface area (TPSA) is 96.7 Å². The molecule has 2 aromatic rings. The Morgan fingerprint density at radius 3 is 2.78 bits per heavy atom. The minimum atomic E-state index is -2.81. The quantitative estimate of drug-likeness (QED) is 0.357. The fourth-order valence-electron chi connectivity index (χ4n) is 3.48. The maximum absolute atomic E-state index is 13.9. The number of carbonyl (C=O) groups excluding carboxylic acids is 1. The fourth-order valence-corrected chi connectivity index (χ4v) is 3.48. The summed E-state index contributed by atoms with van der Waals surface area (Å²) < 4.78 is 35.0. The van der Waals surface area contributed by atoms with E-state index in [4.69, 9.17) is 4.74 Å². The third-order valence-electron chi connectivity index (χ3n) is 5.52. The molecule has 2 fully saturated rings. The van der Waals surface area contributed by atoms with Crippen molar-refractivity contribution in [3.63, 3.8) is 0 Å². The van der Waals surface area contributed by atoms with Crippen LogP contribution in [0.5, 0.6) is 0 Å². The molecule has 1 atom stereocenters. The highest BCUT2D eigenvalue weighted by molar-refractivity contribution is 5.98. The van der Waals surface area contributed by atoms with Gasteiger partial charge in [0, 0.05) is 31.3 Å². The molecule has 3 heterocycles. The molecule has 2 aliphatic rings. The molecule has 1 amide bonds. The van der Waals surface area contributed by atoms with E-state index in [-0.39, 0.29) is 28.8 Å². The monoisotopic (exact) mass is 447 g/mol. The second-order valence-electron chi connectivity index (χ2n) is 8.10. The van der Waals surface area contributed by atoms with Gasteiger partial charge in [-0.2, -0.15) is 5.10 Å². The molecule has 2 aromatic heterocycles. The molecule has 1 aliphatic heterocycles. The second kappa shape index (κ2) is 9.19. The van der Waals surface area contributed by atoms with Crippen LogP contribution < -0.4 is 10.6 Å². The lowest BCUT2D eigenvalue weighted by atomic mass is 10.2. The van der Waals surface area contributed by atoms with Gasteiger partial charge < -0.3 is 15.4 Å². The summed E-state index contributed by atoms with van der Waals surface area (Å²) in [7, 11) is 1.73. The average molecular weight is 447 g/mol. The van der Waals surface area contributed by atoms with Gasteiger partial charge in [0.15, 0.2) is 11.5 Å². The number of imidazole rings is 1. The van der Waals surface area contributed by atoms with E-state index >= 15 is 0 Å². The molecule has 11 heteroatoms. The first kappa shape index (κ1) is 22.1. The maximum atomic E-state index is 13.9. The summed E-state index contributed by atoms with van der Waals surface area (Å²) in [6, 6.07) is 1.57. The number of halogens is 2. The number of aromatic nitrogens is 3. The molecule has 0 radical (unpaired) electrons. The normalized spacial score (nSPS) is 19.0. The van der Waals surface area contributed by atoms with E-state index in [0.717, 1.165) is 31.4 Å². The molecule has 9 nitrogen and oxygen atoms in total. The highest BCUT2D eigenvalue weighted by atomic mass is 19.3. The number of alkyl halides is 2. The van der Waals surface area contributed by atoms with Gasteiger partial charge in [0.2, 0.25) is 5.91 Å². The highest BCUT2D eigenvalue weighted by Gasteiger charge is 2.31. The number of amides is 1. The Bertz CT molecular complexity index is 1040. The Balaban J connectivity index is 1.78. The van der Waals surface area contributed by atoms with Crippen LogP contribution in [0.4, 0.5) is 20.3 Å². The van der Waals surface area contributed by atoms with Crippen LogP contribution >= 0.6 is 0 Å². The van der Waals surface area contributed by atoms with E-state index in [2.05, 4.69) is 32.3 Å². The first-order chi connectivity index (χ1) is 15.3. The van der Waals surface area contributed by atoms with Gasteiger partial charge in [-0.15, -0.1) is 0 Å². The number of hydrazone groups is 1. The van der Waals surface area contributed by atoms with E-state index in [0.29, 0.717) is 18.7 Å². The molecule has 1 saturated carbocycles. The first-order valence-electron chi connectivity index (χ1n) is 10.7. The van der Waals surface area contributed by atoms with Crippen molar-refractivity contribution in [2.75, 3.05) is 24.3 Å². The van der Waals surface area contributed by atoms with Crippen molar-refractivity contribution in [2.45, 2.75) is 51.7 Å².